The van der Waals surface area contributed by atoms with Gasteiger partial charge in [0.05, 0.1) is 6.26 Å². The van der Waals surface area contributed by atoms with Crippen molar-refractivity contribution in [3.05, 3.63) is 59.8 Å². The molecule has 1 fully saturated rings. The third-order valence-corrected chi connectivity index (χ3v) is 4.51. The van der Waals surface area contributed by atoms with Gasteiger partial charge in [-0.05, 0) is 55.5 Å². The molecular formula is C19H22FNO2. The molecule has 23 heavy (non-hydrogen) atoms. The number of halogens is 1. The fourth-order valence-corrected chi connectivity index (χ4v) is 3.16. The first-order valence-corrected chi connectivity index (χ1v) is 8.28. The number of amides is 1. The number of nitrogens with zero attached hydrogens (tertiary/aromatic N) is 1. The van der Waals surface area contributed by atoms with Crippen LogP contribution in [0.5, 0.6) is 0 Å². The number of likely N-dealkylation sites (tertiary alicyclic amines) is 1. The number of rotatable bonds is 6. The summed E-state index contributed by atoms with van der Waals surface area (Å²) in [6, 6.07) is 10.5. The van der Waals surface area contributed by atoms with Gasteiger partial charge in [-0.2, -0.15) is 0 Å². The SMILES string of the molecule is O=C(CCCCc1ccc(F)cc1)N1CCC(c2ccco2)C1. The number of aryl methyl sites for hydroxylation is 1. The molecule has 0 bridgehead atoms. The van der Waals surface area contributed by atoms with Crippen molar-refractivity contribution in [1.82, 2.24) is 4.90 Å². The maximum absolute atomic E-state index is 12.8. The predicted octanol–water partition coefficient (Wildman–Crippen LogP) is 4.15. The second-order valence-electron chi connectivity index (χ2n) is 6.17. The highest BCUT2D eigenvalue weighted by atomic mass is 19.1. The Morgan fingerprint density at radius 1 is 1.22 bits per heavy atom. The van der Waals surface area contributed by atoms with E-state index >= 15 is 0 Å². The Hall–Kier alpha value is -2.10. The smallest absolute Gasteiger partial charge is 0.222 e. The Kier molecular flexibility index (Phi) is 5.11. The summed E-state index contributed by atoms with van der Waals surface area (Å²) in [6.07, 6.45) is 5.98. The van der Waals surface area contributed by atoms with Crippen LogP contribution in [0.2, 0.25) is 0 Å². The van der Waals surface area contributed by atoms with E-state index in [-0.39, 0.29) is 11.7 Å². The topological polar surface area (TPSA) is 33.5 Å². The van der Waals surface area contributed by atoms with Crippen LogP contribution < -0.4 is 0 Å². The van der Waals surface area contributed by atoms with E-state index in [1.165, 1.54) is 12.1 Å². The zero-order chi connectivity index (χ0) is 16.1. The van der Waals surface area contributed by atoms with Crippen LogP contribution in [0.25, 0.3) is 0 Å². The van der Waals surface area contributed by atoms with Crippen molar-refractivity contribution in [1.29, 1.82) is 0 Å². The Bertz CT molecular complexity index is 621. The van der Waals surface area contributed by atoms with E-state index in [1.807, 2.05) is 29.2 Å². The normalized spacial score (nSPS) is 17.6. The lowest BCUT2D eigenvalue weighted by atomic mass is 10.1. The van der Waals surface area contributed by atoms with Gasteiger partial charge in [-0.25, -0.2) is 4.39 Å². The first-order chi connectivity index (χ1) is 11.2. The monoisotopic (exact) mass is 315 g/mol. The first kappa shape index (κ1) is 15.8. The van der Waals surface area contributed by atoms with Gasteiger partial charge in [-0.15, -0.1) is 0 Å². The Morgan fingerprint density at radius 3 is 2.78 bits per heavy atom. The van der Waals surface area contributed by atoms with Gasteiger partial charge in [0.15, 0.2) is 0 Å². The summed E-state index contributed by atoms with van der Waals surface area (Å²) in [7, 11) is 0. The summed E-state index contributed by atoms with van der Waals surface area (Å²) < 4.78 is 18.3. The van der Waals surface area contributed by atoms with Gasteiger partial charge in [0.25, 0.3) is 0 Å². The van der Waals surface area contributed by atoms with Crippen LogP contribution in [0.15, 0.2) is 47.1 Å². The van der Waals surface area contributed by atoms with Gasteiger partial charge in [0.2, 0.25) is 5.91 Å². The number of benzene rings is 1. The van der Waals surface area contributed by atoms with E-state index < -0.39 is 0 Å². The molecule has 1 amide bonds. The van der Waals surface area contributed by atoms with Crippen LogP contribution in [0.3, 0.4) is 0 Å². The summed E-state index contributed by atoms with van der Waals surface area (Å²) in [5, 5.41) is 0. The fourth-order valence-electron chi connectivity index (χ4n) is 3.16. The molecule has 1 atom stereocenters. The van der Waals surface area contributed by atoms with Crippen molar-refractivity contribution in [3.8, 4) is 0 Å². The van der Waals surface area contributed by atoms with E-state index in [2.05, 4.69) is 0 Å². The van der Waals surface area contributed by atoms with Crippen molar-refractivity contribution < 1.29 is 13.6 Å². The van der Waals surface area contributed by atoms with E-state index in [4.69, 9.17) is 4.42 Å². The summed E-state index contributed by atoms with van der Waals surface area (Å²) in [5.41, 5.74) is 1.12. The average molecular weight is 315 g/mol. The molecule has 1 unspecified atom stereocenters. The molecule has 3 nitrogen and oxygen atoms in total. The van der Waals surface area contributed by atoms with E-state index in [0.717, 1.165) is 50.1 Å². The predicted molar refractivity (Wildman–Crippen MR) is 86.6 cm³/mol. The molecule has 0 aliphatic carbocycles. The number of carbonyl (C=O) groups excluding carboxylic acids is 1. The largest absolute Gasteiger partial charge is 0.469 e. The first-order valence-electron chi connectivity index (χ1n) is 8.28. The van der Waals surface area contributed by atoms with Crippen molar-refractivity contribution in [2.24, 2.45) is 0 Å². The lowest BCUT2D eigenvalue weighted by molar-refractivity contribution is -0.130. The highest BCUT2D eigenvalue weighted by molar-refractivity contribution is 5.76. The van der Waals surface area contributed by atoms with Crippen LogP contribution in [0, 0.1) is 5.82 Å². The Morgan fingerprint density at radius 2 is 2.04 bits per heavy atom. The number of furan rings is 1. The summed E-state index contributed by atoms with van der Waals surface area (Å²) in [6.45, 7) is 1.59. The molecule has 4 heteroatoms. The molecule has 0 N–H and O–H groups in total. The minimum atomic E-state index is -0.205. The van der Waals surface area contributed by atoms with Gasteiger partial charge >= 0.3 is 0 Å². The highest BCUT2D eigenvalue weighted by Crippen LogP contribution is 2.27. The molecule has 2 heterocycles. The van der Waals surface area contributed by atoms with Crippen molar-refractivity contribution >= 4 is 5.91 Å². The van der Waals surface area contributed by atoms with Gasteiger partial charge in [0.1, 0.15) is 11.6 Å². The maximum atomic E-state index is 12.8. The molecule has 122 valence electrons. The van der Waals surface area contributed by atoms with Crippen LogP contribution in [0.1, 0.15) is 42.9 Å². The summed E-state index contributed by atoms with van der Waals surface area (Å²) in [5.74, 6) is 1.35. The fraction of sp³-hybridized carbons (Fsp3) is 0.421. The highest BCUT2D eigenvalue weighted by Gasteiger charge is 2.28. The minimum absolute atomic E-state index is 0.205. The van der Waals surface area contributed by atoms with Crippen molar-refractivity contribution in [2.75, 3.05) is 13.1 Å². The third-order valence-electron chi connectivity index (χ3n) is 4.51. The Labute approximate surface area is 136 Å². The van der Waals surface area contributed by atoms with Gasteiger partial charge in [-0.1, -0.05) is 12.1 Å². The second kappa shape index (κ2) is 7.44. The quantitative estimate of drug-likeness (QED) is 0.750. The summed E-state index contributed by atoms with van der Waals surface area (Å²) >= 11 is 0. The number of hydrogen-bond acceptors (Lipinski definition) is 2. The van der Waals surface area contributed by atoms with E-state index in [0.29, 0.717) is 12.3 Å². The van der Waals surface area contributed by atoms with E-state index in [9.17, 15) is 9.18 Å². The molecular weight excluding hydrogens is 293 g/mol. The lowest BCUT2D eigenvalue weighted by Gasteiger charge is -2.16. The number of unbranched alkanes of at least 4 members (excludes halogenated alkanes) is 1. The van der Waals surface area contributed by atoms with Crippen LogP contribution in [-0.2, 0) is 11.2 Å². The van der Waals surface area contributed by atoms with Crippen molar-refractivity contribution in [2.45, 2.75) is 38.0 Å². The average Bonchev–Trinajstić information content (AvgIpc) is 3.23. The third kappa shape index (κ3) is 4.21. The molecule has 1 saturated heterocycles. The molecule has 1 aliphatic rings. The molecule has 2 aromatic rings. The maximum Gasteiger partial charge on any atom is 0.222 e. The molecule has 0 spiro atoms. The molecule has 3 rings (SSSR count). The van der Waals surface area contributed by atoms with Gasteiger partial charge in [-0.3, -0.25) is 4.79 Å². The van der Waals surface area contributed by atoms with Gasteiger partial charge in [0, 0.05) is 25.4 Å². The van der Waals surface area contributed by atoms with Crippen LogP contribution >= 0.6 is 0 Å². The molecule has 0 saturated carbocycles. The second-order valence-corrected chi connectivity index (χ2v) is 6.17. The Balaban J connectivity index is 1.37. The van der Waals surface area contributed by atoms with Crippen LogP contribution in [0.4, 0.5) is 4.39 Å². The number of hydrogen-bond donors (Lipinski definition) is 0. The summed E-state index contributed by atoms with van der Waals surface area (Å²) in [4.78, 5) is 14.2. The van der Waals surface area contributed by atoms with Gasteiger partial charge < -0.3 is 9.32 Å². The minimum Gasteiger partial charge on any atom is -0.469 e. The van der Waals surface area contributed by atoms with E-state index in [1.54, 1.807) is 6.26 Å². The van der Waals surface area contributed by atoms with Crippen molar-refractivity contribution in [3.63, 3.8) is 0 Å². The molecule has 1 aliphatic heterocycles. The molecule has 1 aromatic heterocycles. The lowest BCUT2D eigenvalue weighted by Crippen LogP contribution is -2.28. The zero-order valence-electron chi connectivity index (χ0n) is 13.2. The number of carbonyl (C=O) groups is 1. The zero-order valence-corrected chi connectivity index (χ0v) is 13.2. The molecule has 0 radical (unpaired) electrons. The standard InChI is InChI=1S/C19H22FNO2/c20-17-9-7-15(8-10-17)4-1-2-6-19(22)21-12-11-16(14-21)18-5-3-13-23-18/h3,5,7-10,13,16H,1-2,4,6,11-12,14H2. The molecule has 1 aromatic carbocycles. The van der Waals surface area contributed by atoms with Crippen LogP contribution in [-0.4, -0.2) is 23.9 Å².